The third kappa shape index (κ3) is 9.09. The molecule has 1 aromatic carbocycles. The summed E-state index contributed by atoms with van der Waals surface area (Å²) in [4.78, 5) is 60.9. The summed E-state index contributed by atoms with van der Waals surface area (Å²) in [6, 6.07) is 1.85. The molecule has 1 aliphatic rings. The van der Waals surface area contributed by atoms with Crippen molar-refractivity contribution in [1.82, 2.24) is 21.3 Å². The number of phenols is 1. The molecule has 0 aliphatic carbocycles. The van der Waals surface area contributed by atoms with E-state index >= 15 is 0 Å². The lowest BCUT2D eigenvalue weighted by Crippen LogP contribution is -2.58. The molecule has 4 unspecified atom stereocenters. The lowest BCUT2D eigenvalue weighted by Gasteiger charge is -2.24. The third-order valence-corrected chi connectivity index (χ3v) is 5.86. The van der Waals surface area contributed by atoms with Crippen LogP contribution in [0.5, 0.6) is 5.75 Å². The largest absolute Gasteiger partial charge is 0.508 e. The number of hydrogen-bond acceptors (Lipinski definition) is 8. The monoisotopic (exact) mass is 509 g/mol. The molecule has 1 saturated heterocycles. The number of benzene rings is 1. The maximum absolute atomic E-state index is 13.0. The third-order valence-electron chi connectivity index (χ3n) is 5.50. The number of nitrogens with two attached hydrogens (primary N) is 1. The van der Waals surface area contributed by atoms with Crippen LogP contribution in [-0.4, -0.2) is 76.3 Å². The van der Waals surface area contributed by atoms with E-state index in [2.05, 4.69) is 33.9 Å². The normalized spacial score (nSPS) is 17.6. The fourth-order valence-electron chi connectivity index (χ4n) is 3.54. The summed E-state index contributed by atoms with van der Waals surface area (Å²) in [5, 5.41) is 29.4. The Bertz CT molecular complexity index is 921. The van der Waals surface area contributed by atoms with E-state index in [4.69, 9.17) is 5.73 Å². The summed E-state index contributed by atoms with van der Waals surface area (Å²) in [6.07, 6.45) is 0.971. The first-order valence-corrected chi connectivity index (χ1v) is 11.8. The fourth-order valence-corrected chi connectivity index (χ4v) is 3.80. The average Bonchev–Trinajstić information content (AvgIpc) is 3.35. The number of phenolic OH excluding ortho intramolecular Hbond substituents is 1. The number of rotatable bonds is 13. The highest BCUT2D eigenvalue weighted by atomic mass is 32.1. The zero-order valence-electron chi connectivity index (χ0n) is 19.0. The first-order chi connectivity index (χ1) is 16.6. The van der Waals surface area contributed by atoms with Crippen molar-refractivity contribution in [2.24, 2.45) is 5.73 Å². The molecule has 1 fully saturated rings. The van der Waals surface area contributed by atoms with Gasteiger partial charge >= 0.3 is 5.97 Å². The fraction of sp³-hybridized carbons (Fsp3) is 0.500. The van der Waals surface area contributed by atoms with E-state index in [0.29, 0.717) is 18.5 Å². The van der Waals surface area contributed by atoms with Crippen molar-refractivity contribution in [3.8, 4) is 5.75 Å². The van der Waals surface area contributed by atoms with Gasteiger partial charge in [-0.3, -0.25) is 19.2 Å². The smallest absolute Gasteiger partial charge is 0.326 e. The molecular weight excluding hydrogens is 478 g/mol. The highest BCUT2D eigenvalue weighted by Gasteiger charge is 2.31. The molecule has 1 heterocycles. The molecule has 35 heavy (non-hydrogen) atoms. The molecule has 4 atom stereocenters. The second kappa shape index (κ2) is 13.5. The summed E-state index contributed by atoms with van der Waals surface area (Å²) >= 11 is 4.14. The minimum atomic E-state index is -1.40. The Morgan fingerprint density at radius 2 is 1.66 bits per heavy atom. The van der Waals surface area contributed by atoms with Crippen LogP contribution in [0.3, 0.4) is 0 Å². The predicted octanol–water partition coefficient (Wildman–Crippen LogP) is -1.58. The topological polar surface area (TPSA) is 200 Å². The second-order valence-electron chi connectivity index (χ2n) is 8.23. The molecule has 2 rings (SSSR count). The number of thiol groups is 1. The molecule has 0 spiro atoms. The van der Waals surface area contributed by atoms with Gasteiger partial charge in [-0.25, -0.2) is 4.79 Å². The number of carboxylic acids is 1. The van der Waals surface area contributed by atoms with Crippen LogP contribution in [0.25, 0.3) is 0 Å². The molecule has 0 aromatic heterocycles. The predicted molar refractivity (Wildman–Crippen MR) is 129 cm³/mol. The molecule has 0 radical (unpaired) electrons. The number of carbonyl (C=O) groups is 5. The number of aromatic hydroxyl groups is 1. The molecule has 1 aliphatic heterocycles. The van der Waals surface area contributed by atoms with E-state index < -0.39 is 47.9 Å². The van der Waals surface area contributed by atoms with Crippen LogP contribution < -0.4 is 27.0 Å². The Kier molecular flexibility index (Phi) is 10.8. The minimum Gasteiger partial charge on any atom is -0.508 e. The van der Waals surface area contributed by atoms with Gasteiger partial charge in [0.2, 0.25) is 23.6 Å². The first-order valence-electron chi connectivity index (χ1n) is 11.1. The van der Waals surface area contributed by atoms with E-state index in [0.717, 1.165) is 6.42 Å². The Hall–Kier alpha value is -3.32. The van der Waals surface area contributed by atoms with Crippen molar-refractivity contribution in [2.75, 3.05) is 12.3 Å². The van der Waals surface area contributed by atoms with E-state index in [1.165, 1.54) is 12.1 Å². The lowest BCUT2D eigenvalue weighted by atomic mass is 10.0. The number of primary amides is 1. The van der Waals surface area contributed by atoms with Crippen molar-refractivity contribution in [3.05, 3.63) is 29.8 Å². The maximum Gasteiger partial charge on any atom is 0.326 e. The molecule has 12 nitrogen and oxygen atoms in total. The van der Waals surface area contributed by atoms with Gasteiger partial charge in [0.05, 0.1) is 6.04 Å². The average molecular weight is 510 g/mol. The molecule has 0 saturated carbocycles. The standard InChI is InChI=1S/C22H31N5O7S/c23-18(29)8-7-15(22(33)34)25-20(31)16(10-12-3-5-13(28)6-4-12)26-21(32)17(11-35)27-19(30)14-2-1-9-24-14/h3-6,14-17,24,28,35H,1-2,7-11H2,(H2,23,29)(H,25,31)(H,26,32)(H,27,30)(H,33,34). The van der Waals surface area contributed by atoms with Gasteiger partial charge in [-0.05, 0) is 43.5 Å². The molecule has 8 N–H and O–H groups in total. The van der Waals surface area contributed by atoms with Gasteiger partial charge in [0, 0.05) is 18.6 Å². The number of aliphatic carboxylic acids is 1. The van der Waals surface area contributed by atoms with Crippen molar-refractivity contribution in [1.29, 1.82) is 0 Å². The molecule has 0 bridgehead atoms. The molecule has 13 heteroatoms. The first kappa shape index (κ1) is 27.9. The number of carboxylic acid groups (broad SMARTS) is 1. The quantitative estimate of drug-likeness (QED) is 0.146. The van der Waals surface area contributed by atoms with Crippen LogP contribution in [0, 0.1) is 0 Å². The molecule has 192 valence electrons. The van der Waals surface area contributed by atoms with Crippen LogP contribution in [0.1, 0.15) is 31.2 Å². The SMILES string of the molecule is NC(=O)CCC(NC(=O)C(Cc1ccc(O)cc1)NC(=O)C(CS)NC(=O)C1CCCN1)C(=O)O. The Balaban J connectivity index is 2.15. The number of hydrogen-bond donors (Lipinski definition) is 8. The van der Waals surface area contributed by atoms with Crippen molar-refractivity contribution >= 4 is 42.2 Å². The summed E-state index contributed by atoms with van der Waals surface area (Å²) in [5.41, 5.74) is 5.65. The van der Waals surface area contributed by atoms with Gasteiger partial charge in [0.15, 0.2) is 0 Å². The highest BCUT2D eigenvalue weighted by Crippen LogP contribution is 2.12. The van der Waals surface area contributed by atoms with Crippen molar-refractivity contribution in [2.45, 2.75) is 56.3 Å². The Labute approximate surface area is 207 Å². The Morgan fingerprint density at radius 1 is 1.03 bits per heavy atom. The summed E-state index contributed by atoms with van der Waals surface area (Å²) < 4.78 is 0. The highest BCUT2D eigenvalue weighted by molar-refractivity contribution is 7.80. The van der Waals surface area contributed by atoms with Crippen LogP contribution in [0.2, 0.25) is 0 Å². The number of nitrogens with one attached hydrogen (secondary N) is 4. The molecule has 1 aromatic rings. The van der Waals surface area contributed by atoms with Gasteiger partial charge in [-0.1, -0.05) is 12.1 Å². The van der Waals surface area contributed by atoms with E-state index in [9.17, 15) is 34.2 Å². The van der Waals surface area contributed by atoms with Crippen LogP contribution >= 0.6 is 12.6 Å². The molecule has 4 amide bonds. The lowest BCUT2D eigenvalue weighted by molar-refractivity contribution is -0.142. The van der Waals surface area contributed by atoms with Gasteiger partial charge in [0.1, 0.15) is 23.9 Å². The maximum atomic E-state index is 13.0. The number of amides is 4. The second-order valence-corrected chi connectivity index (χ2v) is 8.59. The van der Waals surface area contributed by atoms with Crippen molar-refractivity contribution in [3.63, 3.8) is 0 Å². The summed E-state index contributed by atoms with van der Waals surface area (Å²) in [5.74, 6) is -3.93. The van der Waals surface area contributed by atoms with E-state index in [1.807, 2.05) is 0 Å². The Morgan fingerprint density at radius 3 is 2.20 bits per heavy atom. The van der Waals surface area contributed by atoms with Gasteiger partial charge < -0.3 is 37.2 Å². The van der Waals surface area contributed by atoms with Crippen LogP contribution in [0.4, 0.5) is 0 Å². The zero-order chi connectivity index (χ0) is 26.0. The molecular formula is C22H31N5O7S. The van der Waals surface area contributed by atoms with Gasteiger partial charge in [-0.2, -0.15) is 12.6 Å². The van der Waals surface area contributed by atoms with Gasteiger partial charge in [-0.15, -0.1) is 0 Å². The number of carbonyl (C=O) groups excluding carboxylic acids is 4. The van der Waals surface area contributed by atoms with Gasteiger partial charge in [0.25, 0.3) is 0 Å². The van der Waals surface area contributed by atoms with Crippen LogP contribution in [-0.2, 0) is 30.4 Å². The summed E-state index contributed by atoms with van der Waals surface area (Å²) in [7, 11) is 0. The zero-order valence-corrected chi connectivity index (χ0v) is 19.9. The van der Waals surface area contributed by atoms with E-state index in [-0.39, 0.29) is 36.7 Å². The van der Waals surface area contributed by atoms with Crippen molar-refractivity contribution < 1.29 is 34.2 Å². The minimum absolute atomic E-state index is 0.00884. The van der Waals surface area contributed by atoms with E-state index in [1.54, 1.807) is 12.1 Å². The van der Waals surface area contributed by atoms with Crippen LogP contribution in [0.15, 0.2) is 24.3 Å². The summed E-state index contributed by atoms with van der Waals surface area (Å²) in [6.45, 7) is 0.700.